The number of nitrogens with one attached hydrogen (secondary N) is 1. The van der Waals surface area contributed by atoms with Crippen molar-refractivity contribution in [2.45, 2.75) is 64.2 Å². The topological polar surface area (TPSA) is 112 Å². The Kier molecular flexibility index (Phi) is 6.38. The van der Waals surface area contributed by atoms with Crippen LogP contribution in [0.4, 0.5) is 11.6 Å². The Bertz CT molecular complexity index is 1380. The Morgan fingerprint density at radius 2 is 2.06 bits per heavy atom. The smallest absolute Gasteiger partial charge is 0.238 e. The van der Waals surface area contributed by atoms with E-state index in [-0.39, 0.29) is 22.9 Å². The van der Waals surface area contributed by atoms with Crippen LogP contribution in [-0.2, 0) is 18.9 Å². The van der Waals surface area contributed by atoms with Crippen molar-refractivity contribution in [3.63, 3.8) is 0 Å². The van der Waals surface area contributed by atoms with Gasteiger partial charge in [0, 0.05) is 36.8 Å². The Morgan fingerprint density at radius 3 is 2.81 bits per heavy atom. The second-order valence-electron chi connectivity index (χ2n) is 10.4. The van der Waals surface area contributed by atoms with Crippen molar-refractivity contribution < 1.29 is 9.32 Å². The van der Waals surface area contributed by atoms with Crippen LogP contribution in [0.15, 0.2) is 47.4 Å². The number of rotatable bonds is 6. The van der Waals surface area contributed by atoms with Gasteiger partial charge in [0.1, 0.15) is 0 Å². The van der Waals surface area contributed by atoms with Crippen molar-refractivity contribution in [1.29, 1.82) is 0 Å². The maximum atomic E-state index is 13.0. The maximum absolute atomic E-state index is 13.0. The molecule has 1 aliphatic rings. The lowest BCUT2D eigenvalue weighted by Crippen LogP contribution is -2.13. The van der Waals surface area contributed by atoms with E-state index in [1.807, 2.05) is 40.1 Å². The summed E-state index contributed by atoms with van der Waals surface area (Å²) < 4.78 is 7.07. The first-order chi connectivity index (χ1) is 17.3. The summed E-state index contributed by atoms with van der Waals surface area (Å²) in [5.41, 5.74) is 4.92. The predicted octanol–water partition coefficient (Wildman–Crippen LogP) is 5.38. The fourth-order valence-electron chi connectivity index (χ4n) is 4.60. The molecule has 0 spiro atoms. The summed E-state index contributed by atoms with van der Waals surface area (Å²) in [5, 5.41) is 11.3. The first-order valence-corrected chi connectivity index (χ1v) is 12.4. The normalized spacial score (nSPS) is 15.8. The van der Waals surface area contributed by atoms with Gasteiger partial charge in [-0.1, -0.05) is 44.5 Å². The van der Waals surface area contributed by atoms with Crippen LogP contribution in [0.5, 0.6) is 0 Å². The van der Waals surface area contributed by atoms with E-state index in [0.717, 1.165) is 42.6 Å². The average molecular weight is 486 g/mol. The van der Waals surface area contributed by atoms with Crippen molar-refractivity contribution in [3.8, 4) is 11.3 Å². The van der Waals surface area contributed by atoms with E-state index in [2.05, 4.69) is 43.7 Å². The molecular weight excluding hydrogens is 454 g/mol. The molecule has 4 aromatic rings. The third-order valence-electron chi connectivity index (χ3n) is 6.49. The van der Waals surface area contributed by atoms with Crippen LogP contribution in [-0.4, -0.2) is 35.7 Å². The summed E-state index contributed by atoms with van der Waals surface area (Å²) in [6.07, 6.45) is 9.86. The van der Waals surface area contributed by atoms with Gasteiger partial charge in [-0.15, -0.1) is 0 Å². The van der Waals surface area contributed by atoms with Gasteiger partial charge in [-0.2, -0.15) is 10.1 Å². The molecule has 1 unspecified atom stereocenters. The van der Waals surface area contributed by atoms with Crippen LogP contribution in [0.3, 0.4) is 0 Å². The maximum Gasteiger partial charge on any atom is 0.238 e. The van der Waals surface area contributed by atoms with Gasteiger partial charge < -0.3 is 9.84 Å². The molecule has 0 fully saturated rings. The molecule has 0 amide bonds. The molecule has 9 nitrogen and oxygen atoms in total. The third-order valence-corrected chi connectivity index (χ3v) is 6.49. The average Bonchev–Trinajstić information content (AvgIpc) is 3.46. The molecule has 1 atom stereocenters. The van der Waals surface area contributed by atoms with Crippen LogP contribution in [0.25, 0.3) is 11.3 Å². The van der Waals surface area contributed by atoms with Crippen molar-refractivity contribution >= 4 is 17.4 Å². The molecule has 3 heterocycles. The molecule has 3 aromatic heterocycles. The SMILES string of the molecule is Cn1cc(Nc2nccc(-c3ccc4c(c3)CCCCC4CC(=O)c3noc(C(C)(C)C)n3)n2)cn1. The molecule has 1 N–H and O–H groups in total. The van der Waals surface area contributed by atoms with Crippen LogP contribution in [0.1, 0.15) is 80.0 Å². The Labute approximate surface area is 210 Å². The molecule has 36 heavy (non-hydrogen) atoms. The first kappa shape index (κ1) is 23.8. The van der Waals surface area contributed by atoms with E-state index in [9.17, 15) is 4.79 Å². The molecule has 0 bridgehead atoms. The number of Topliss-reactive ketones (excluding diaryl/α,β-unsaturated/α-hetero) is 1. The standard InChI is InChI=1S/C27H31N7O2/c1-27(2,3)25-32-24(33-36-25)23(35)14-18-8-6-5-7-17-13-19(9-10-21(17)18)22-11-12-28-26(31-22)30-20-15-29-34(4)16-20/h9-13,15-16,18H,5-8,14H2,1-4H3,(H,28,30,31). The number of hydrogen-bond acceptors (Lipinski definition) is 8. The minimum Gasteiger partial charge on any atom is -0.338 e. The summed E-state index contributed by atoms with van der Waals surface area (Å²) >= 11 is 0. The number of carbonyl (C=O) groups excluding carboxylic acids is 1. The van der Waals surface area contributed by atoms with Gasteiger partial charge in [-0.3, -0.25) is 9.48 Å². The molecule has 5 rings (SSSR count). The zero-order valence-electron chi connectivity index (χ0n) is 21.2. The zero-order chi connectivity index (χ0) is 25.3. The molecule has 0 aliphatic heterocycles. The highest BCUT2D eigenvalue weighted by molar-refractivity contribution is 5.93. The zero-order valence-corrected chi connectivity index (χ0v) is 21.2. The second-order valence-corrected chi connectivity index (χ2v) is 10.4. The van der Waals surface area contributed by atoms with Crippen molar-refractivity contribution in [2.75, 3.05) is 5.32 Å². The van der Waals surface area contributed by atoms with E-state index in [4.69, 9.17) is 9.51 Å². The number of ketones is 1. The van der Waals surface area contributed by atoms with Crippen LogP contribution in [0.2, 0.25) is 0 Å². The number of anilines is 2. The highest BCUT2D eigenvalue weighted by Crippen LogP contribution is 2.36. The molecule has 1 aliphatic carbocycles. The third kappa shape index (κ3) is 5.19. The lowest BCUT2D eigenvalue weighted by atomic mass is 9.87. The van der Waals surface area contributed by atoms with Crippen LogP contribution >= 0.6 is 0 Å². The summed E-state index contributed by atoms with van der Waals surface area (Å²) in [6, 6.07) is 8.36. The van der Waals surface area contributed by atoms with Gasteiger partial charge in [-0.25, -0.2) is 9.97 Å². The van der Waals surface area contributed by atoms with Crippen molar-refractivity contribution in [1.82, 2.24) is 29.9 Å². The predicted molar refractivity (Wildman–Crippen MR) is 136 cm³/mol. The van der Waals surface area contributed by atoms with Crippen molar-refractivity contribution in [2.24, 2.45) is 7.05 Å². The molecule has 0 radical (unpaired) electrons. The summed E-state index contributed by atoms with van der Waals surface area (Å²) in [6.45, 7) is 5.97. The molecule has 0 saturated heterocycles. The number of fused-ring (bicyclic) bond motifs is 1. The van der Waals surface area contributed by atoms with E-state index in [1.165, 1.54) is 11.1 Å². The number of nitrogens with zero attached hydrogens (tertiary/aromatic N) is 6. The van der Waals surface area contributed by atoms with Gasteiger partial charge in [0.25, 0.3) is 0 Å². The van der Waals surface area contributed by atoms with Crippen molar-refractivity contribution in [3.05, 3.63) is 65.7 Å². The Morgan fingerprint density at radius 1 is 1.19 bits per heavy atom. The number of benzene rings is 1. The molecule has 9 heteroatoms. The van der Waals surface area contributed by atoms with Gasteiger partial charge in [0.15, 0.2) is 0 Å². The summed E-state index contributed by atoms with van der Waals surface area (Å²) in [7, 11) is 1.87. The highest BCUT2D eigenvalue weighted by atomic mass is 16.5. The summed E-state index contributed by atoms with van der Waals surface area (Å²) in [5.74, 6) is 1.25. The highest BCUT2D eigenvalue weighted by Gasteiger charge is 2.27. The first-order valence-electron chi connectivity index (χ1n) is 12.4. The molecule has 186 valence electrons. The number of carbonyl (C=O) groups is 1. The second kappa shape index (κ2) is 9.64. The fourth-order valence-corrected chi connectivity index (χ4v) is 4.60. The van der Waals surface area contributed by atoms with Crippen LogP contribution < -0.4 is 5.32 Å². The fraction of sp³-hybridized carbons (Fsp3) is 0.407. The molecule has 0 saturated carbocycles. The minimum absolute atomic E-state index is 0.0712. The monoisotopic (exact) mass is 485 g/mol. The van der Waals surface area contributed by atoms with Crippen LogP contribution in [0, 0.1) is 0 Å². The van der Waals surface area contributed by atoms with Gasteiger partial charge in [0.2, 0.25) is 23.4 Å². The number of aromatic nitrogens is 6. The number of hydrogen-bond donors (Lipinski definition) is 1. The summed E-state index contributed by atoms with van der Waals surface area (Å²) in [4.78, 5) is 26.5. The minimum atomic E-state index is -0.286. The van der Waals surface area contributed by atoms with Gasteiger partial charge in [0.05, 0.1) is 17.6 Å². The lowest BCUT2D eigenvalue weighted by molar-refractivity contribution is 0.0959. The molecule has 1 aromatic carbocycles. The van der Waals surface area contributed by atoms with E-state index >= 15 is 0 Å². The largest absolute Gasteiger partial charge is 0.338 e. The lowest BCUT2D eigenvalue weighted by Gasteiger charge is -2.17. The molecular formula is C27H31N7O2. The van der Waals surface area contributed by atoms with Gasteiger partial charge in [-0.05, 0) is 48.4 Å². The Balaban J connectivity index is 1.36. The van der Waals surface area contributed by atoms with E-state index in [1.54, 1.807) is 17.1 Å². The number of aryl methyl sites for hydroxylation is 2. The van der Waals surface area contributed by atoms with Gasteiger partial charge >= 0.3 is 0 Å². The van der Waals surface area contributed by atoms with E-state index in [0.29, 0.717) is 18.3 Å². The quantitative estimate of drug-likeness (QED) is 0.286. The van der Waals surface area contributed by atoms with E-state index < -0.39 is 0 Å². The Hall–Kier alpha value is -3.88.